The topological polar surface area (TPSA) is 71.1 Å². The second-order valence-electron chi connectivity index (χ2n) is 6.98. The van der Waals surface area contributed by atoms with Crippen LogP contribution in [-0.2, 0) is 10.0 Å². The molecule has 1 rings (SSSR count). The van der Waals surface area contributed by atoms with Gasteiger partial charge in [0.1, 0.15) is 10.7 Å². The zero-order chi connectivity index (χ0) is 16.5. The van der Waals surface area contributed by atoms with Gasteiger partial charge in [-0.15, -0.1) is 0 Å². The quantitative estimate of drug-likeness (QED) is 0.867. The summed E-state index contributed by atoms with van der Waals surface area (Å²) in [6.07, 6.45) is 2.00. The predicted molar refractivity (Wildman–Crippen MR) is 87.3 cm³/mol. The lowest BCUT2D eigenvalue weighted by Crippen LogP contribution is -2.45. The Morgan fingerprint density at radius 1 is 1.24 bits per heavy atom. The van der Waals surface area contributed by atoms with Crippen molar-refractivity contribution in [1.82, 2.24) is 9.71 Å². The van der Waals surface area contributed by atoms with Crippen LogP contribution in [0.5, 0.6) is 0 Å². The molecule has 2 N–H and O–H groups in total. The summed E-state index contributed by atoms with van der Waals surface area (Å²) in [7, 11) is -1.99. The van der Waals surface area contributed by atoms with Crippen molar-refractivity contribution in [3.8, 4) is 0 Å². The Labute approximate surface area is 132 Å². The smallest absolute Gasteiger partial charge is 0.242 e. The third kappa shape index (κ3) is 5.45. The second kappa shape index (κ2) is 6.10. The number of aromatic nitrogens is 1. The SMILES string of the molecule is CNc1ncc(S(=O)(=O)NC(C)(C)CC(C)(C)C)cc1Cl. The molecule has 0 unspecified atom stereocenters. The number of anilines is 1. The Balaban J connectivity index is 3.04. The molecular formula is C14H24ClN3O2S. The molecule has 1 aromatic heterocycles. The second-order valence-corrected chi connectivity index (χ2v) is 9.07. The van der Waals surface area contributed by atoms with Crippen molar-refractivity contribution in [2.24, 2.45) is 5.41 Å². The van der Waals surface area contributed by atoms with Gasteiger partial charge in [-0.1, -0.05) is 32.4 Å². The third-order valence-corrected chi connectivity index (χ3v) is 4.70. The van der Waals surface area contributed by atoms with E-state index in [4.69, 9.17) is 11.6 Å². The van der Waals surface area contributed by atoms with E-state index in [9.17, 15) is 8.42 Å². The lowest BCUT2D eigenvalue weighted by molar-refractivity contribution is 0.269. The lowest BCUT2D eigenvalue weighted by Gasteiger charge is -2.32. The van der Waals surface area contributed by atoms with E-state index in [1.807, 2.05) is 13.8 Å². The van der Waals surface area contributed by atoms with Gasteiger partial charge < -0.3 is 5.32 Å². The van der Waals surface area contributed by atoms with Crippen molar-refractivity contribution >= 4 is 27.4 Å². The van der Waals surface area contributed by atoms with E-state index in [2.05, 4.69) is 35.8 Å². The van der Waals surface area contributed by atoms with Crippen molar-refractivity contribution in [1.29, 1.82) is 0 Å². The Hall–Kier alpha value is -0.850. The van der Waals surface area contributed by atoms with Crippen LogP contribution in [0, 0.1) is 5.41 Å². The first kappa shape index (κ1) is 18.2. The molecule has 0 saturated heterocycles. The molecule has 0 bridgehead atoms. The fraction of sp³-hybridized carbons (Fsp3) is 0.643. The fourth-order valence-corrected chi connectivity index (χ4v) is 4.24. The minimum atomic E-state index is -3.66. The number of nitrogens with one attached hydrogen (secondary N) is 2. The molecule has 5 nitrogen and oxygen atoms in total. The van der Waals surface area contributed by atoms with E-state index >= 15 is 0 Å². The van der Waals surface area contributed by atoms with Gasteiger partial charge in [0.2, 0.25) is 10.0 Å². The van der Waals surface area contributed by atoms with E-state index in [0.717, 1.165) is 0 Å². The fourth-order valence-electron chi connectivity index (χ4n) is 2.54. The largest absolute Gasteiger partial charge is 0.372 e. The number of rotatable bonds is 5. The molecule has 21 heavy (non-hydrogen) atoms. The number of halogens is 1. The summed E-state index contributed by atoms with van der Waals surface area (Å²) in [5.74, 6) is 0.449. The average molecular weight is 334 g/mol. The van der Waals surface area contributed by atoms with Gasteiger partial charge in [-0.25, -0.2) is 18.1 Å². The first-order valence-electron chi connectivity index (χ1n) is 6.74. The molecule has 0 aliphatic rings. The van der Waals surface area contributed by atoms with Gasteiger partial charge in [0.25, 0.3) is 0 Å². The van der Waals surface area contributed by atoms with Gasteiger partial charge in [0.15, 0.2) is 0 Å². The molecule has 0 radical (unpaired) electrons. The summed E-state index contributed by atoms with van der Waals surface area (Å²) in [5.41, 5.74) is -0.552. The van der Waals surface area contributed by atoms with Gasteiger partial charge in [-0.3, -0.25) is 0 Å². The maximum absolute atomic E-state index is 12.5. The Kier molecular flexibility index (Phi) is 5.29. The first-order chi connectivity index (χ1) is 9.36. The molecule has 0 spiro atoms. The van der Waals surface area contributed by atoms with Crippen molar-refractivity contribution in [3.63, 3.8) is 0 Å². The van der Waals surface area contributed by atoms with Gasteiger partial charge >= 0.3 is 0 Å². The molecule has 7 heteroatoms. The molecular weight excluding hydrogens is 310 g/mol. The van der Waals surface area contributed by atoms with E-state index < -0.39 is 15.6 Å². The summed E-state index contributed by atoms with van der Waals surface area (Å²) in [6, 6.07) is 1.40. The standard InChI is InChI=1S/C14H24ClN3O2S/c1-13(2,3)9-14(4,5)18-21(19,20)10-7-11(15)12(16-6)17-8-10/h7-8,18H,9H2,1-6H3,(H,16,17). The van der Waals surface area contributed by atoms with Gasteiger partial charge in [-0.2, -0.15) is 0 Å². The summed E-state index contributed by atoms with van der Waals surface area (Å²) in [5, 5.41) is 3.07. The molecule has 0 aromatic carbocycles. The molecule has 0 atom stereocenters. The molecule has 1 aromatic rings. The zero-order valence-corrected chi connectivity index (χ0v) is 15.0. The molecule has 0 aliphatic heterocycles. The lowest BCUT2D eigenvalue weighted by atomic mass is 9.82. The van der Waals surface area contributed by atoms with Gasteiger partial charge in [0, 0.05) is 18.8 Å². The maximum atomic E-state index is 12.5. The molecule has 0 amide bonds. The summed E-state index contributed by atoms with van der Waals surface area (Å²) in [6.45, 7) is 9.95. The minimum absolute atomic E-state index is 0.0118. The van der Waals surface area contributed by atoms with Crippen LogP contribution < -0.4 is 10.0 Å². The highest BCUT2D eigenvalue weighted by Crippen LogP contribution is 2.29. The van der Waals surface area contributed by atoms with E-state index in [1.54, 1.807) is 7.05 Å². The molecule has 0 aliphatic carbocycles. The summed E-state index contributed by atoms with van der Waals surface area (Å²) < 4.78 is 27.6. The highest BCUT2D eigenvalue weighted by Gasteiger charge is 2.31. The summed E-state index contributed by atoms with van der Waals surface area (Å²) >= 11 is 6.00. The zero-order valence-electron chi connectivity index (χ0n) is 13.4. The first-order valence-corrected chi connectivity index (χ1v) is 8.60. The van der Waals surface area contributed by atoms with Crippen molar-refractivity contribution < 1.29 is 8.42 Å². The van der Waals surface area contributed by atoms with E-state index in [-0.39, 0.29) is 15.3 Å². The Bertz CT molecular complexity index is 607. The third-order valence-electron chi connectivity index (χ3n) is 2.75. The molecule has 120 valence electrons. The van der Waals surface area contributed by atoms with Crippen molar-refractivity contribution in [3.05, 3.63) is 17.3 Å². The number of pyridine rings is 1. The normalized spacial score (nSPS) is 13.3. The molecule has 0 saturated carbocycles. The van der Waals surface area contributed by atoms with Crippen LogP contribution in [0.2, 0.25) is 5.02 Å². The van der Waals surface area contributed by atoms with Crippen LogP contribution in [0.4, 0.5) is 5.82 Å². The minimum Gasteiger partial charge on any atom is -0.372 e. The summed E-state index contributed by atoms with van der Waals surface area (Å²) in [4.78, 5) is 4.07. The Morgan fingerprint density at radius 3 is 2.24 bits per heavy atom. The number of hydrogen-bond acceptors (Lipinski definition) is 4. The van der Waals surface area contributed by atoms with Crippen LogP contribution in [0.3, 0.4) is 0 Å². The van der Waals surface area contributed by atoms with Crippen LogP contribution >= 0.6 is 11.6 Å². The van der Waals surface area contributed by atoms with E-state index in [1.165, 1.54) is 12.3 Å². The number of nitrogens with zero attached hydrogens (tertiary/aromatic N) is 1. The monoisotopic (exact) mass is 333 g/mol. The predicted octanol–water partition coefficient (Wildman–Crippen LogP) is 3.27. The number of sulfonamides is 1. The van der Waals surface area contributed by atoms with E-state index in [0.29, 0.717) is 12.2 Å². The van der Waals surface area contributed by atoms with Crippen LogP contribution in [0.1, 0.15) is 41.0 Å². The highest BCUT2D eigenvalue weighted by atomic mass is 35.5. The van der Waals surface area contributed by atoms with Crippen LogP contribution in [0.25, 0.3) is 0 Å². The highest BCUT2D eigenvalue weighted by molar-refractivity contribution is 7.89. The van der Waals surface area contributed by atoms with Gasteiger partial charge in [0.05, 0.1) is 5.02 Å². The number of hydrogen-bond donors (Lipinski definition) is 2. The molecule has 1 heterocycles. The van der Waals surface area contributed by atoms with Gasteiger partial charge in [-0.05, 0) is 31.7 Å². The Morgan fingerprint density at radius 2 is 1.81 bits per heavy atom. The van der Waals surface area contributed by atoms with Crippen molar-refractivity contribution in [2.75, 3.05) is 12.4 Å². The van der Waals surface area contributed by atoms with Crippen molar-refractivity contribution in [2.45, 2.75) is 51.5 Å². The molecule has 0 fully saturated rings. The average Bonchev–Trinajstić information content (AvgIpc) is 2.23. The van der Waals surface area contributed by atoms with Crippen LogP contribution in [-0.4, -0.2) is 26.0 Å². The maximum Gasteiger partial charge on any atom is 0.242 e. The van der Waals surface area contributed by atoms with Crippen LogP contribution in [0.15, 0.2) is 17.2 Å².